The summed E-state index contributed by atoms with van der Waals surface area (Å²) in [5.41, 5.74) is -0.921. The van der Waals surface area contributed by atoms with Crippen molar-refractivity contribution >= 4 is 17.6 Å². The molecular weight excluding hydrogens is 385 g/mol. The van der Waals surface area contributed by atoms with Crippen molar-refractivity contribution in [1.82, 2.24) is 4.90 Å². The standard InChI is InChI=1S/C21H23F3N2O3/c1-3-26(4-2)13-14-29-20(28)15-9-11-16(12-10-15)25-19(27)17-7-5-6-8-18(17)21(22,23)24/h5-12H,3-4,13-14H2,1-2H3,(H,25,27). The number of benzene rings is 2. The van der Waals surface area contributed by atoms with E-state index in [4.69, 9.17) is 4.74 Å². The quantitative estimate of drug-likeness (QED) is 0.656. The smallest absolute Gasteiger partial charge is 0.417 e. The van der Waals surface area contributed by atoms with Gasteiger partial charge in [0.05, 0.1) is 16.7 Å². The molecule has 5 nitrogen and oxygen atoms in total. The van der Waals surface area contributed by atoms with Crippen LogP contribution in [-0.2, 0) is 10.9 Å². The van der Waals surface area contributed by atoms with Crippen molar-refractivity contribution in [3.63, 3.8) is 0 Å². The second-order valence-electron chi connectivity index (χ2n) is 6.24. The third-order valence-corrected chi connectivity index (χ3v) is 4.39. The van der Waals surface area contributed by atoms with Gasteiger partial charge in [0.2, 0.25) is 0 Å². The minimum atomic E-state index is -4.63. The van der Waals surface area contributed by atoms with E-state index in [1.807, 2.05) is 13.8 Å². The molecule has 8 heteroatoms. The van der Waals surface area contributed by atoms with Gasteiger partial charge in [-0.3, -0.25) is 4.79 Å². The van der Waals surface area contributed by atoms with Crippen molar-refractivity contribution in [2.45, 2.75) is 20.0 Å². The molecule has 0 saturated carbocycles. The van der Waals surface area contributed by atoms with E-state index in [0.29, 0.717) is 12.1 Å². The number of amides is 1. The zero-order valence-corrected chi connectivity index (χ0v) is 16.3. The van der Waals surface area contributed by atoms with Crippen LogP contribution in [0.15, 0.2) is 48.5 Å². The topological polar surface area (TPSA) is 58.6 Å². The van der Waals surface area contributed by atoms with Gasteiger partial charge in [0.1, 0.15) is 6.61 Å². The van der Waals surface area contributed by atoms with Gasteiger partial charge in [0.25, 0.3) is 5.91 Å². The highest BCUT2D eigenvalue weighted by molar-refractivity contribution is 6.05. The molecule has 1 amide bonds. The number of esters is 1. The summed E-state index contributed by atoms with van der Waals surface area (Å²) in [6.45, 7) is 6.65. The lowest BCUT2D eigenvalue weighted by Gasteiger charge is -2.17. The van der Waals surface area contributed by atoms with E-state index in [1.54, 1.807) is 0 Å². The average Bonchev–Trinajstić information content (AvgIpc) is 2.71. The number of rotatable bonds is 8. The summed E-state index contributed by atoms with van der Waals surface area (Å²) < 4.78 is 44.4. The zero-order chi connectivity index (χ0) is 21.4. The normalized spacial score (nSPS) is 11.4. The Bertz CT molecular complexity index is 832. The molecule has 0 fully saturated rings. The van der Waals surface area contributed by atoms with Gasteiger partial charge in [-0.05, 0) is 49.5 Å². The summed E-state index contributed by atoms with van der Waals surface area (Å²) in [6.07, 6.45) is -4.63. The molecule has 0 unspecified atom stereocenters. The lowest BCUT2D eigenvalue weighted by molar-refractivity contribution is -0.137. The Hall–Kier alpha value is -2.87. The highest BCUT2D eigenvalue weighted by atomic mass is 19.4. The third kappa shape index (κ3) is 6.32. The number of nitrogens with one attached hydrogen (secondary N) is 1. The molecular formula is C21H23F3N2O3. The Morgan fingerprint density at radius 1 is 1.00 bits per heavy atom. The van der Waals surface area contributed by atoms with Crippen LogP contribution < -0.4 is 5.32 Å². The van der Waals surface area contributed by atoms with Crippen LogP contribution in [0.5, 0.6) is 0 Å². The number of ether oxygens (including phenoxy) is 1. The van der Waals surface area contributed by atoms with Gasteiger partial charge in [0, 0.05) is 12.2 Å². The second-order valence-corrected chi connectivity index (χ2v) is 6.24. The molecule has 2 aromatic carbocycles. The fourth-order valence-electron chi connectivity index (χ4n) is 2.71. The highest BCUT2D eigenvalue weighted by Gasteiger charge is 2.34. The van der Waals surface area contributed by atoms with Crippen LogP contribution in [0.2, 0.25) is 0 Å². The first-order valence-electron chi connectivity index (χ1n) is 9.23. The third-order valence-electron chi connectivity index (χ3n) is 4.39. The molecule has 2 rings (SSSR count). The van der Waals surface area contributed by atoms with Crippen LogP contribution in [0.25, 0.3) is 0 Å². The van der Waals surface area contributed by atoms with E-state index < -0.39 is 29.2 Å². The molecule has 0 radical (unpaired) electrons. The first kappa shape index (κ1) is 22.4. The van der Waals surface area contributed by atoms with Crippen molar-refractivity contribution in [3.05, 3.63) is 65.2 Å². The fraction of sp³-hybridized carbons (Fsp3) is 0.333. The summed E-state index contributed by atoms with van der Waals surface area (Å²) in [5, 5.41) is 2.41. The SMILES string of the molecule is CCN(CC)CCOC(=O)c1ccc(NC(=O)c2ccccc2C(F)(F)F)cc1. The number of halogens is 3. The second kappa shape index (κ2) is 10.1. The molecule has 156 valence electrons. The van der Waals surface area contributed by atoms with Gasteiger partial charge >= 0.3 is 12.1 Å². The highest BCUT2D eigenvalue weighted by Crippen LogP contribution is 2.32. The van der Waals surface area contributed by atoms with Crippen LogP contribution in [0.3, 0.4) is 0 Å². The molecule has 0 aromatic heterocycles. The molecule has 2 aromatic rings. The van der Waals surface area contributed by atoms with Gasteiger partial charge in [0.15, 0.2) is 0 Å². The van der Waals surface area contributed by atoms with Gasteiger partial charge in [-0.15, -0.1) is 0 Å². The average molecular weight is 408 g/mol. The van der Waals surface area contributed by atoms with Gasteiger partial charge < -0.3 is 15.0 Å². The fourth-order valence-corrected chi connectivity index (χ4v) is 2.71. The number of alkyl halides is 3. The largest absolute Gasteiger partial charge is 0.461 e. The van der Waals surface area contributed by atoms with E-state index in [2.05, 4.69) is 10.2 Å². The van der Waals surface area contributed by atoms with Crippen LogP contribution in [0, 0.1) is 0 Å². The number of carbonyl (C=O) groups is 2. The van der Waals surface area contributed by atoms with Crippen molar-refractivity contribution < 1.29 is 27.5 Å². The number of carbonyl (C=O) groups excluding carboxylic acids is 2. The molecule has 0 bridgehead atoms. The van der Waals surface area contributed by atoms with Crippen molar-refractivity contribution in [2.75, 3.05) is 31.6 Å². The molecule has 0 saturated heterocycles. The summed E-state index contributed by atoms with van der Waals surface area (Å²) in [4.78, 5) is 26.4. The molecule has 0 aliphatic carbocycles. The first-order valence-corrected chi connectivity index (χ1v) is 9.23. The Balaban J connectivity index is 1.99. The molecule has 0 spiro atoms. The minimum Gasteiger partial charge on any atom is -0.461 e. The lowest BCUT2D eigenvalue weighted by Crippen LogP contribution is -2.27. The number of nitrogens with zero attached hydrogens (tertiary/aromatic N) is 1. The molecule has 1 N–H and O–H groups in total. The van der Waals surface area contributed by atoms with Crippen LogP contribution in [0.1, 0.15) is 40.1 Å². The van der Waals surface area contributed by atoms with Gasteiger partial charge in [-0.25, -0.2) is 4.79 Å². The summed E-state index contributed by atoms with van der Waals surface area (Å²) in [5.74, 6) is -1.38. The maximum atomic E-state index is 13.1. The predicted octanol–water partition coefficient (Wildman–Crippen LogP) is 4.46. The predicted molar refractivity (Wildman–Crippen MR) is 104 cm³/mol. The van der Waals surface area contributed by atoms with Crippen molar-refractivity contribution in [2.24, 2.45) is 0 Å². The zero-order valence-electron chi connectivity index (χ0n) is 16.3. The Kier molecular flexibility index (Phi) is 7.78. The molecule has 0 atom stereocenters. The molecule has 0 aliphatic rings. The van der Waals surface area contributed by atoms with Gasteiger partial charge in [-0.1, -0.05) is 26.0 Å². The number of hydrogen-bond donors (Lipinski definition) is 1. The lowest BCUT2D eigenvalue weighted by atomic mass is 10.1. The van der Waals surface area contributed by atoms with Crippen LogP contribution in [0.4, 0.5) is 18.9 Å². The number of hydrogen-bond acceptors (Lipinski definition) is 4. The van der Waals surface area contributed by atoms with E-state index in [0.717, 1.165) is 25.2 Å². The summed E-state index contributed by atoms with van der Waals surface area (Å²) in [7, 11) is 0. The molecule has 0 aliphatic heterocycles. The van der Waals surface area contributed by atoms with Crippen LogP contribution in [-0.4, -0.2) is 43.0 Å². The Labute approximate surface area is 167 Å². The maximum absolute atomic E-state index is 13.1. The monoisotopic (exact) mass is 408 g/mol. The first-order chi connectivity index (χ1) is 13.8. The maximum Gasteiger partial charge on any atom is 0.417 e. The van der Waals surface area contributed by atoms with Crippen molar-refractivity contribution in [1.29, 1.82) is 0 Å². The van der Waals surface area contributed by atoms with E-state index in [1.165, 1.54) is 36.4 Å². The van der Waals surface area contributed by atoms with Crippen molar-refractivity contribution in [3.8, 4) is 0 Å². The molecule has 29 heavy (non-hydrogen) atoms. The molecule has 0 heterocycles. The minimum absolute atomic E-state index is 0.257. The summed E-state index contributed by atoms with van der Waals surface area (Å²) in [6, 6.07) is 10.3. The van der Waals surface area contributed by atoms with E-state index in [-0.39, 0.29) is 12.3 Å². The van der Waals surface area contributed by atoms with E-state index >= 15 is 0 Å². The Morgan fingerprint density at radius 2 is 1.62 bits per heavy atom. The number of likely N-dealkylation sites (N-methyl/N-ethyl adjacent to an activating group) is 1. The van der Waals surface area contributed by atoms with E-state index in [9.17, 15) is 22.8 Å². The van der Waals surface area contributed by atoms with Gasteiger partial charge in [-0.2, -0.15) is 13.2 Å². The van der Waals surface area contributed by atoms with Crippen LogP contribution >= 0.6 is 0 Å². The Morgan fingerprint density at radius 3 is 2.21 bits per heavy atom. The number of anilines is 1. The summed E-state index contributed by atoms with van der Waals surface area (Å²) >= 11 is 0.